The van der Waals surface area contributed by atoms with Crippen LogP contribution in [-0.4, -0.2) is 53.6 Å². The van der Waals surface area contributed by atoms with Crippen LogP contribution in [-0.2, 0) is 4.74 Å². The zero-order valence-electron chi connectivity index (χ0n) is 11.4. The van der Waals surface area contributed by atoms with Crippen molar-refractivity contribution in [2.45, 2.75) is 18.9 Å². The number of likely N-dealkylation sites (tertiary alicyclic amines) is 1. The molecule has 1 fully saturated rings. The molecule has 2 heterocycles. The largest absolute Gasteiger partial charge is 0.464 e. The number of ether oxygens (including phenoxy) is 1. The van der Waals surface area contributed by atoms with Crippen molar-refractivity contribution in [3.8, 4) is 6.07 Å². The van der Waals surface area contributed by atoms with Crippen LogP contribution in [0.3, 0.4) is 0 Å². The predicted molar refractivity (Wildman–Crippen MR) is 72.1 cm³/mol. The fourth-order valence-corrected chi connectivity index (χ4v) is 2.18. The highest BCUT2D eigenvalue weighted by molar-refractivity contribution is 5.87. The second-order valence-corrected chi connectivity index (χ2v) is 4.63. The van der Waals surface area contributed by atoms with Crippen LogP contribution in [0.2, 0.25) is 0 Å². The molecule has 20 heavy (non-hydrogen) atoms. The van der Waals surface area contributed by atoms with Crippen molar-refractivity contribution >= 4 is 11.8 Å². The number of nitrogens with one attached hydrogen (secondary N) is 1. The molecule has 1 aromatic rings. The van der Waals surface area contributed by atoms with Crippen molar-refractivity contribution in [3.63, 3.8) is 0 Å². The van der Waals surface area contributed by atoms with Gasteiger partial charge in [-0.2, -0.15) is 5.26 Å². The van der Waals surface area contributed by atoms with Crippen molar-refractivity contribution in [3.05, 3.63) is 18.1 Å². The van der Waals surface area contributed by atoms with Crippen molar-refractivity contribution in [1.82, 2.24) is 14.9 Å². The Morgan fingerprint density at radius 2 is 2.30 bits per heavy atom. The Morgan fingerprint density at radius 3 is 2.95 bits per heavy atom. The number of carbonyl (C=O) groups is 1. The van der Waals surface area contributed by atoms with E-state index in [0.717, 1.165) is 25.9 Å². The Morgan fingerprint density at radius 1 is 1.55 bits per heavy atom. The molecule has 0 spiro atoms. The molecule has 1 saturated heterocycles. The van der Waals surface area contributed by atoms with Gasteiger partial charge in [-0.15, -0.1) is 0 Å². The Bertz CT molecular complexity index is 506. The summed E-state index contributed by atoms with van der Waals surface area (Å²) in [7, 11) is 1.31. The quantitative estimate of drug-likeness (QED) is 0.637. The fourth-order valence-electron chi connectivity index (χ4n) is 2.18. The number of esters is 1. The van der Waals surface area contributed by atoms with Crippen LogP contribution >= 0.6 is 0 Å². The fraction of sp³-hybridized carbons (Fsp3) is 0.538. The monoisotopic (exact) mass is 275 g/mol. The third kappa shape index (κ3) is 3.65. The lowest BCUT2D eigenvalue weighted by Gasteiger charge is -2.30. The molecule has 0 amide bonds. The van der Waals surface area contributed by atoms with Gasteiger partial charge in [-0.25, -0.2) is 9.78 Å². The summed E-state index contributed by atoms with van der Waals surface area (Å²) in [5.74, 6) is 0.0802. The number of rotatable bonds is 4. The molecule has 0 aliphatic carbocycles. The van der Waals surface area contributed by atoms with E-state index in [-0.39, 0.29) is 11.7 Å². The lowest BCUT2D eigenvalue weighted by atomic mass is 10.1. The van der Waals surface area contributed by atoms with Crippen LogP contribution in [0.15, 0.2) is 12.4 Å². The number of hydrogen-bond acceptors (Lipinski definition) is 7. The van der Waals surface area contributed by atoms with Crippen LogP contribution in [0.5, 0.6) is 0 Å². The van der Waals surface area contributed by atoms with Gasteiger partial charge in [0, 0.05) is 19.1 Å². The van der Waals surface area contributed by atoms with Crippen molar-refractivity contribution in [2.24, 2.45) is 0 Å². The minimum absolute atomic E-state index is 0.194. The van der Waals surface area contributed by atoms with Gasteiger partial charge in [0.15, 0.2) is 5.69 Å². The standard InChI is InChI=1S/C13H17N5O2/c1-20-13(19)11-8-15-9-12(17-11)16-10-2-5-18(6-3-10)7-4-14/h8-10H,2-3,5-7H2,1H3,(H,16,17). The van der Waals surface area contributed by atoms with Crippen LogP contribution in [0, 0.1) is 11.3 Å². The Balaban J connectivity index is 1.91. The summed E-state index contributed by atoms with van der Waals surface area (Å²) in [5.41, 5.74) is 0.194. The third-order valence-corrected chi connectivity index (χ3v) is 3.26. The number of methoxy groups -OCH3 is 1. The first-order chi connectivity index (χ1) is 9.72. The summed E-state index contributed by atoms with van der Waals surface area (Å²) >= 11 is 0. The summed E-state index contributed by atoms with van der Waals surface area (Å²) in [5, 5.41) is 11.9. The topological polar surface area (TPSA) is 91.1 Å². The molecule has 0 saturated carbocycles. The molecule has 1 aromatic heterocycles. The van der Waals surface area contributed by atoms with Crippen LogP contribution < -0.4 is 5.32 Å². The van der Waals surface area contributed by atoms with Gasteiger partial charge in [-0.3, -0.25) is 9.88 Å². The first kappa shape index (κ1) is 14.2. The van der Waals surface area contributed by atoms with E-state index in [1.807, 2.05) is 0 Å². The smallest absolute Gasteiger partial charge is 0.358 e. The van der Waals surface area contributed by atoms with Gasteiger partial charge in [-0.1, -0.05) is 0 Å². The summed E-state index contributed by atoms with van der Waals surface area (Å²) < 4.78 is 4.62. The van der Waals surface area contributed by atoms with E-state index in [9.17, 15) is 4.79 Å². The van der Waals surface area contributed by atoms with E-state index in [0.29, 0.717) is 12.4 Å². The Hall–Kier alpha value is -2.20. The molecule has 0 bridgehead atoms. The number of nitrogens with zero attached hydrogens (tertiary/aromatic N) is 4. The highest BCUT2D eigenvalue weighted by Crippen LogP contribution is 2.14. The molecule has 106 valence electrons. The van der Waals surface area contributed by atoms with Gasteiger partial charge in [0.1, 0.15) is 5.82 Å². The molecule has 7 nitrogen and oxygen atoms in total. The average molecular weight is 275 g/mol. The second kappa shape index (κ2) is 6.82. The van der Waals surface area contributed by atoms with E-state index >= 15 is 0 Å². The van der Waals surface area contributed by atoms with Crippen LogP contribution in [0.1, 0.15) is 23.3 Å². The summed E-state index contributed by atoms with van der Waals surface area (Å²) in [4.78, 5) is 21.7. The Labute approximate surface area is 117 Å². The maximum atomic E-state index is 11.4. The number of aromatic nitrogens is 2. The average Bonchev–Trinajstić information content (AvgIpc) is 2.49. The molecule has 7 heteroatoms. The van der Waals surface area contributed by atoms with Crippen molar-refractivity contribution in [1.29, 1.82) is 5.26 Å². The van der Waals surface area contributed by atoms with Gasteiger partial charge < -0.3 is 10.1 Å². The third-order valence-electron chi connectivity index (χ3n) is 3.26. The Kier molecular flexibility index (Phi) is 4.85. The molecule has 0 unspecified atom stereocenters. The van der Waals surface area contributed by atoms with Gasteiger partial charge in [-0.05, 0) is 12.8 Å². The summed E-state index contributed by atoms with van der Waals surface area (Å²) in [6.45, 7) is 2.25. The zero-order chi connectivity index (χ0) is 14.4. The predicted octanol–water partition coefficient (Wildman–Crippen LogP) is 0.663. The highest BCUT2D eigenvalue weighted by Gasteiger charge is 2.19. The SMILES string of the molecule is COC(=O)c1cncc(NC2CCN(CC#N)CC2)n1. The molecular formula is C13H17N5O2. The number of hydrogen-bond donors (Lipinski definition) is 1. The molecule has 0 aromatic carbocycles. The molecule has 1 N–H and O–H groups in total. The molecule has 0 atom stereocenters. The van der Waals surface area contributed by atoms with Gasteiger partial charge in [0.05, 0.1) is 32.1 Å². The zero-order valence-corrected chi connectivity index (χ0v) is 11.4. The minimum Gasteiger partial charge on any atom is -0.464 e. The normalized spacial score (nSPS) is 16.4. The first-order valence-corrected chi connectivity index (χ1v) is 6.49. The van der Waals surface area contributed by atoms with Gasteiger partial charge in [0.25, 0.3) is 0 Å². The number of anilines is 1. The molecule has 1 aliphatic heterocycles. The molecule has 1 aliphatic rings. The number of nitriles is 1. The lowest BCUT2D eigenvalue weighted by molar-refractivity contribution is 0.0593. The van der Waals surface area contributed by atoms with Crippen LogP contribution in [0.25, 0.3) is 0 Å². The van der Waals surface area contributed by atoms with Crippen LogP contribution in [0.4, 0.5) is 5.82 Å². The maximum Gasteiger partial charge on any atom is 0.358 e. The molecular weight excluding hydrogens is 258 g/mol. The lowest BCUT2D eigenvalue weighted by Crippen LogP contribution is -2.39. The highest BCUT2D eigenvalue weighted by atomic mass is 16.5. The van der Waals surface area contributed by atoms with E-state index in [1.165, 1.54) is 13.3 Å². The van der Waals surface area contributed by atoms with E-state index in [2.05, 4.69) is 31.0 Å². The number of piperidine rings is 1. The van der Waals surface area contributed by atoms with Crippen molar-refractivity contribution in [2.75, 3.05) is 32.1 Å². The van der Waals surface area contributed by atoms with Crippen molar-refractivity contribution < 1.29 is 9.53 Å². The molecule has 2 rings (SSSR count). The second-order valence-electron chi connectivity index (χ2n) is 4.63. The van der Waals surface area contributed by atoms with E-state index in [4.69, 9.17) is 5.26 Å². The first-order valence-electron chi connectivity index (χ1n) is 6.49. The summed E-state index contributed by atoms with van der Waals surface area (Å²) in [6.07, 6.45) is 4.85. The number of carbonyl (C=O) groups excluding carboxylic acids is 1. The maximum absolute atomic E-state index is 11.4. The van der Waals surface area contributed by atoms with Gasteiger partial charge >= 0.3 is 5.97 Å². The molecule has 0 radical (unpaired) electrons. The van der Waals surface area contributed by atoms with E-state index < -0.39 is 5.97 Å². The minimum atomic E-state index is -0.495. The van der Waals surface area contributed by atoms with E-state index in [1.54, 1.807) is 6.20 Å². The van der Waals surface area contributed by atoms with Gasteiger partial charge in [0.2, 0.25) is 0 Å². The summed E-state index contributed by atoms with van der Waals surface area (Å²) in [6, 6.07) is 2.44.